The molecule has 272 valence electrons. The molecular weight excluding hydrogens is 677 g/mol. The van der Waals surface area contributed by atoms with Gasteiger partial charge in [0.25, 0.3) is 0 Å². The molecule has 0 N–H and O–H groups in total. The molecule has 0 bridgehead atoms. The van der Waals surface area contributed by atoms with Gasteiger partial charge in [-0.15, -0.1) is 0 Å². The van der Waals surface area contributed by atoms with Crippen molar-refractivity contribution in [2.24, 2.45) is 0 Å². The molecule has 1 aliphatic rings. The van der Waals surface area contributed by atoms with Gasteiger partial charge in [-0.2, -0.15) is 0 Å². The first-order valence-corrected chi connectivity index (χ1v) is 19.9. The molecular formula is C54H46N2. The van der Waals surface area contributed by atoms with E-state index in [1.165, 1.54) is 55.9 Å². The molecule has 0 aromatic heterocycles. The summed E-state index contributed by atoms with van der Waals surface area (Å²) in [6, 6.07) is 75.1. The fraction of sp³-hybridized carbons (Fsp3) is 0.111. The van der Waals surface area contributed by atoms with Crippen LogP contribution in [-0.4, -0.2) is 0 Å². The number of hydrogen-bond donors (Lipinski definition) is 0. The minimum atomic E-state index is -0.161. The molecule has 0 saturated heterocycles. The van der Waals surface area contributed by atoms with E-state index in [2.05, 4.69) is 230 Å². The van der Waals surface area contributed by atoms with Crippen LogP contribution in [0.3, 0.4) is 0 Å². The van der Waals surface area contributed by atoms with Crippen molar-refractivity contribution in [1.29, 1.82) is 0 Å². The highest BCUT2D eigenvalue weighted by molar-refractivity contribution is 5.81. The second-order valence-electron chi connectivity index (χ2n) is 15.0. The van der Waals surface area contributed by atoms with Crippen LogP contribution in [0.2, 0.25) is 0 Å². The number of hydrogen-bond acceptors (Lipinski definition) is 2. The SMILES string of the molecule is CCc1ccc(N(c2ccccc2)c2ccc(-c3ccccc3)cc2)cc1C1(C)CCc2ccc(N(c3ccccc3)c3ccc(-c4ccccc4)cc3)cc21. The molecule has 2 heteroatoms. The van der Waals surface area contributed by atoms with Gasteiger partial charge in [-0.3, -0.25) is 0 Å². The van der Waals surface area contributed by atoms with Crippen LogP contribution >= 0.6 is 0 Å². The largest absolute Gasteiger partial charge is 0.310 e. The van der Waals surface area contributed by atoms with Crippen LogP contribution in [0.15, 0.2) is 206 Å². The zero-order chi connectivity index (χ0) is 37.9. The average Bonchev–Trinajstić information content (AvgIpc) is 3.62. The molecule has 56 heavy (non-hydrogen) atoms. The molecule has 9 rings (SSSR count). The summed E-state index contributed by atoms with van der Waals surface area (Å²) in [7, 11) is 0. The molecule has 2 nitrogen and oxygen atoms in total. The van der Waals surface area contributed by atoms with E-state index in [9.17, 15) is 0 Å². The smallest absolute Gasteiger partial charge is 0.0464 e. The Hall–Kier alpha value is -6.64. The summed E-state index contributed by atoms with van der Waals surface area (Å²) < 4.78 is 0. The molecule has 8 aromatic carbocycles. The Kier molecular flexibility index (Phi) is 9.55. The number of para-hydroxylation sites is 2. The molecule has 1 aliphatic carbocycles. The summed E-state index contributed by atoms with van der Waals surface area (Å²) in [6.07, 6.45) is 3.09. The highest BCUT2D eigenvalue weighted by Crippen LogP contribution is 2.49. The third kappa shape index (κ3) is 6.69. The molecule has 0 radical (unpaired) electrons. The van der Waals surface area contributed by atoms with Gasteiger partial charge in [0.05, 0.1) is 0 Å². The Labute approximate surface area is 332 Å². The van der Waals surface area contributed by atoms with Crippen molar-refractivity contribution >= 4 is 34.1 Å². The maximum Gasteiger partial charge on any atom is 0.0464 e. The van der Waals surface area contributed by atoms with Crippen molar-refractivity contribution in [2.75, 3.05) is 9.80 Å². The molecule has 1 unspecified atom stereocenters. The molecule has 0 fully saturated rings. The van der Waals surface area contributed by atoms with E-state index in [0.29, 0.717) is 0 Å². The Morgan fingerprint density at radius 1 is 0.393 bits per heavy atom. The van der Waals surface area contributed by atoms with Crippen LogP contribution in [0.5, 0.6) is 0 Å². The van der Waals surface area contributed by atoms with Crippen LogP contribution in [-0.2, 0) is 18.3 Å². The minimum absolute atomic E-state index is 0.161. The van der Waals surface area contributed by atoms with E-state index in [1.807, 2.05) is 0 Å². The van der Waals surface area contributed by atoms with Crippen LogP contribution in [0.25, 0.3) is 22.3 Å². The lowest BCUT2D eigenvalue weighted by Gasteiger charge is -2.33. The first kappa shape index (κ1) is 35.1. The topological polar surface area (TPSA) is 6.48 Å². The van der Waals surface area contributed by atoms with E-state index in [1.54, 1.807) is 0 Å². The maximum atomic E-state index is 2.48. The third-order valence-corrected chi connectivity index (χ3v) is 11.7. The average molecular weight is 723 g/mol. The quantitative estimate of drug-likeness (QED) is 0.139. The highest BCUT2D eigenvalue weighted by Gasteiger charge is 2.38. The fourth-order valence-electron chi connectivity index (χ4n) is 8.68. The van der Waals surface area contributed by atoms with Crippen molar-refractivity contribution in [3.8, 4) is 22.3 Å². The van der Waals surface area contributed by atoms with Gasteiger partial charge in [0.15, 0.2) is 0 Å². The summed E-state index contributed by atoms with van der Waals surface area (Å²) in [4.78, 5) is 4.81. The van der Waals surface area contributed by atoms with Crippen LogP contribution < -0.4 is 9.80 Å². The normalized spacial score (nSPS) is 14.6. The lowest BCUT2D eigenvalue weighted by atomic mass is 9.74. The molecule has 0 aliphatic heterocycles. The predicted molar refractivity (Wildman–Crippen MR) is 237 cm³/mol. The lowest BCUT2D eigenvalue weighted by molar-refractivity contribution is 0.560. The Morgan fingerprint density at radius 2 is 0.768 bits per heavy atom. The first-order valence-electron chi connectivity index (χ1n) is 19.9. The number of benzene rings is 8. The zero-order valence-electron chi connectivity index (χ0n) is 32.1. The van der Waals surface area contributed by atoms with E-state index in [-0.39, 0.29) is 5.41 Å². The molecule has 8 aromatic rings. The van der Waals surface area contributed by atoms with Gasteiger partial charge in [-0.05, 0) is 137 Å². The van der Waals surface area contributed by atoms with Crippen molar-refractivity contribution in [1.82, 2.24) is 0 Å². The standard InChI is InChI=1S/C54H46N2/c1-3-40-24-34-50(55(46-20-12-6-13-21-46)48-30-25-43(26-31-48)41-16-8-4-9-17-41)38-52(40)54(2)37-36-45-29-35-51(39-53(45)54)56(47-22-14-7-15-23-47)49-32-27-44(28-33-49)42-18-10-5-11-19-42/h4-35,38-39H,3,36-37H2,1-2H3. The third-order valence-electron chi connectivity index (χ3n) is 11.7. The summed E-state index contributed by atoms with van der Waals surface area (Å²) in [6.45, 7) is 4.77. The van der Waals surface area contributed by atoms with Crippen LogP contribution in [0.4, 0.5) is 34.1 Å². The van der Waals surface area contributed by atoms with Gasteiger partial charge in [-0.25, -0.2) is 0 Å². The van der Waals surface area contributed by atoms with Gasteiger partial charge in [-0.1, -0.05) is 147 Å². The Morgan fingerprint density at radius 3 is 1.23 bits per heavy atom. The minimum Gasteiger partial charge on any atom is -0.310 e. The lowest BCUT2D eigenvalue weighted by Crippen LogP contribution is -2.23. The summed E-state index contributed by atoms with van der Waals surface area (Å²) >= 11 is 0. The number of fused-ring (bicyclic) bond motifs is 1. The monoisotopic (exact) mass is 722 g/mol. The van der Waals surface area contributed by atoms with Gasteiger partial charge < -0.3 is 9.80 Å². The summed E-state index contributed by atoms with van der Waals surface area (Å²) in [5, 5.41) is 0. The predicted octanol–water partition coefficient (Wildman–Crippen LogP) is 14.8. The number of anilines is 6. The second-order valence-corrected chi connectivity index (χ2v) is 15.0. The second kappa shape index (κ2) is 15.2. The van der Waals surface area contributed by atoms with Gasteiger partial charge >= 0.3 is 0 Å². The van der Waals surface area contributed by atoms with E-state index in [4.69, 9.17) is 0 Å². The van der Waals surface area contributed by atoms with E-state index in [0.717, 1.165) is 42.0 Å². The van der Waals surface area contributed by atoms with Crippen molar-refractivity contribution in [3.63, 3.8) is 0 Å². The Bertz CT molecular complexity index is 2550. The Balaban J connectivity index is 1.13. The molecule has 0 saturated carbocycles. The maximum absolute atomic E-state index is 2.48. The van der Waals surface area contributed by atoms with Crippen molar-refractivity contribution < 1.29 is 0 Å². The van der Waals surface area contributed by atoms with Gasteiger partial charge in [0.2, 0.25) is 0 Å². The van der Waals surface area contributed by atoms with E-state index < -0.39 is 0 Å². The molecule has 0 heterocycles. The summed E-state index contributed by atoms with van der Waals surface area (Å²) in [5.41, 5.74) is 17.3. The zero-order valence-corrected chi connectivity index (χ0v) is 32.1. The molecule has 0 amide bonds. The van der Waals surface area contributed by atoms with E-state index >= 15 is 0 Å². The van der Waals surface area contributed by atoms with Crippen LogP contribution in [0.1, 0.15) is 42.5 Å². The fourth-order valence-corrected chi connectivity index (χ4v) is 8.68. The number of nitrogens with zero attached hydrogens (tertiary/aromatic N) is 2. The molecule has 1 atom stereocenters. The molecule has 0 spiro atoms. The number of rotatable bonds is 10. The highest BCUT2D eigenvalue weighted by atomic mass is 15.1. The number of aryl methyl sites for hydroxylation is 2. The van der Waals surface area contributed by atoms with Gasteiger partial charge in [0, 0.05) is 39.5 Å². The van der Waals surface area contributed by atoms with Crippen molar-refractivity contribution in [3.05, 3.63) is 229 Å². The summed E-state index contributed by atoms with van der Waals surface area (Å²) in [5.74, 6) is 0. The van der Waals surface area contributed by atoms with Gasteiger partial charge in [0.1, 0.15) is 0 Å². The first-order chi connectivity index (χ1) is 27.6. The van der Waals surface area contributed by atoms with Crippen molar-refractivity contribution in [2.45, 2.75) is 38.5 Å². The van der Waals surface area contributed by atoms with Crippen LogP contribution in [0, 0.1) is 0 Å².